The fraction of sp³-hybridized carbons (Fsp3) is 0.222. The van der Waals surface area contributed by atoms with Crippen molar-refractivity contribution in [1.29, 1.82) is 0 Å². The SMILES string of the molecule is CC(=O)OCC(OC(C)=O)C(OC(C)=O)C(/C=N\Nc1nc2ccccc2c(=O)[nH]1)=N/Nc1nc2ccccc2c(=O)[nH]1. The van der Waals surface area contributed by atoms with Gasteiger partial charge in [0.05, 0.1) is 28.0 Å². The van der Waals surface area contributed by atoms with Crippen LogP contribution in [0.1, 0.15) is 20.8 Å². The molecule has 0 aliphatic heterocycles. The van der Waals surface area contributed by atoms with Crippen LogP contribution in [-0.2, 0) is 28.6 Å². The number of hydrogen-bond donors (Lipinski definition) is 4. The van der Waals surface area contributed by atoms with Crippen molar-refractivity contribution in [2.24, 2.45) is 10.2 Å². The van der Waals surface area contributed by atoms with Crippen molar-refractivity contribution < 1.29 is 28.6 Å². The highest BCUT2D eigenvalue weighted by atomic mass is 16.6. The molecule has 0 saturated carbocycles. The van der Waals surface area contributed by atoms with E-state index in [-0.39, 0.29) is 17.6 Å². The average molecular weight is 591 g/mol. The molecule has 2 aromatic carbocycles. The normalized spacial score (nSPS) is 13.0. The molecule has 0 aliphatic rings. The minimum Gasteiger partial charge on any atom is -0.462 e. The number of benzene rings is 2. The number of ether oxygens (including phenoxy) is 3. The Bertz CT molecular complexity index is 1850. The van der Waals surface area contributed by atoms with E-state index in [1.165, 1.54) is 0 Å². The zero-order valence-corrected chi connectivity index (χ0v) is 23.1. The number of anilines is 2. The smallest absolute Gasteiger partial charge is 0.303 e. The number of rotatable bonds is 11. The van der Waals surface area contributed by atoms with Crippen LogP contribution in [0.5, 0.6) is 0 Å². The number of esters is 3. The van der Waals surface area contributed by atoms with Gasteiger partial charge in [-0.05, 0) is 24.3 Å². The lowest BCUT2D eigenvalue weighted by atomic mass is 10.1. The summed E-state index contributed by atoms with van der Waals surface area (Å²) in [4.78, 5) is 74.1. The van der Waals surface area contributed by atoms with Crippen LogP contribution < -0.4 is 22.0 Å². The van der Waals surface area contributed by atoms with Crippen LogP contribution in [0.4, 0.5) is 11.9 Å². The fourth-order valence-electron chi connectivity index (χ4n) is 3.82. The Morgan fingerprint density at radius 3 is 1.88 bits per heavy atom. The second-order valence-corrected chi connectivity index (χ2v) is 8.86. The second kappa shape index (κ2) is 13.6. The van der Waals surface area contributed by atoms with Gasteiger partial charge in [0.1, 0.15) is 12.3 Å². The first kappa shape index (κ1) is 30.0. The lowest BCUT2D eigenvalue weighted by Crippen LogP contribution is -2.44. The molecule has 2 aromatic heterocycles. The monoisotopic (exact) mass is 590 g/mol. The number of para-hydroxylation sites is 2. The molecule has 43 heavy (non-hydrogen) atoms. The lowest BCUT2D eigenvalue weighted by molar-refractivity contribution is -0.167. The molecule has 0 fully saturated rings. The molecule has 0 bridgehead atoms. The molecule has 0 saturated heterocycles. The number of carbonyl (C=O) groups is 3. The Labute approximate surface area is 242 Å². The minimum absolute atomic E-state index is 0.0201. The van der Waals surface area contributed by atoms with Gasteiger partial charge in [0.15, 0.2) is 12.2 Å². The quantitative estimate of drug-likeness (QED) is 0.0844. The van der Waals surface area contributed by atoms with Gasteiger partial charge in [-0.2, -0.15) is 10.2 Å². The van der Waals surface area contributed by atoms with Gasteiger partial charge in [0.2, 0.25) is 11.9 Å². The van der Waals surface area contributed by atoms with Crippen LogP contribution in [0.2, 0.25) is 0 Å². The van der Waals surface area contributed by atoms with Crippen molar-refractivity contribution in [3.05, 3.63) is 69.2 Å². The molecule has 0 aliphatic carbocycles. The maximum absolute atomic E-state index is 12.5. The molecule has 2 atom stereocenters. The first-order valence-electron chi connectivity index (χ1n) is 12.7. The maximum atomic E-state index is 12.5. The van der Waals surface area contributed by atoms with Crippen LogP contribution in [0.15, 0.2) is 68.3 Å². The van der Waals surface area contributed by atoms with Gasteiger partial charge in [-0.1, -0.05) is 24.3 Å². The van der Waals surface area contributed by atoms with E-state index in [2.05, 4.69) is 41.0 Å². The van der Waals surface area contributed by atoms with E-state index in [1.54, 1.807) is 48.5 Å². The number of aromatic nitrogens is 4. The van der Waals surface area contributed by atoms with Gasteiger partial charge in [-0.15, -0.1) is 0 Å². The van der Waals surface area contributed by atoms with Crippen molar-refractivity contribution in [2.45, 2.75) is 33.0 Å². The van der Waals surface area contributed by atoms with Crippen molar-refractivity contribution in [3.8, 4) is 0 Å². The molecule has 222 valence electrons. The summed E-state index contributed by atoms with van der Waals surface area (Å²) >= 11 is 0. The number of aromatic amines is 2. The van der Waals surface area contributed by atoms with Crippen LogP contribution in [0, 0.1) is 0 Å². The maximum Gasteiger partial charge on any atom is 0.303 e. The summed E-state index contributed by atoms with van der Waals surface area (Å²) in [5.74, 6) is -2.34. The Hall–Kier alpha value is -5.93. The van der Waals surface area contributed by atoms with Crippen LogP contribution in [0.25, 0.3) is 21.8 Å². The van der Waals surface area contributed by atoms with E-state index >= 15 is 0 Å². The third-order valence-corrected chi connectivity index (χ3v) is 5.57. The predicted octanol–water partition coefficient (Wildman–Crippen LogP) is 1.45. The summed E-state index contributed by atoms with van der Waals surface area (Å²) in [6.45, 7) is 2.86. The Kier molecular flexibility index (Phi) is 9.52. The molecule has 0 spiro atoms. The summed E-state index contributed by atoms with van der Waals surface area (Å²) in [5.41, 5.74) is 4.87. The topological polar surface area (TPSA) is 219 Å². The molecule has 2 unspecified atom stereocenters. The summed E-state index contributed by atoms with van der Waals surface area (Å²) in [6, 6.07) is 13.3. The summed E-state index contributed by atoms with van der Waals surface area (Å²) in [7, 11) is 0. The number of hydrogen-bond acceptors (Lipinski definition) is 14. The van der Waals surface area contributed by atoms with Crippen molar-refractivity contribution >= 4 is 63.5 Å². The van der Waals surface area contributed by atoms with Gasteiger partial charge in [0, 0.05) is 20.8 Å². The first-order chi connectivity index (χ1) is 20.6. The molecule has 16 nitrogen and oxygen atoms in total. The number of nitrogens with one attached hydrogen (secondary N) is 4. The second-order valence-electron chi connectivity index (χ2n) is 8.86. The third-order valence-electron chi connectivity index (χ3n) is 5.57. The van der Waals surface area contributed by atoms with Crippen molar-refractivity contribution in [1.82, 2.24) is 19.9 Å². The molecule has 2 heterocycles. The Balaban J connectivity index is 1.73. The molecular formula is C27H26N8O8. The molecule has 0 radical (unpaired) electrons. The van der Waals surface area contributed by atoms with Gasteiger partial charge >= 0.3 is 17.9 Å². The van der Waals surface area contributed by atoms with Crippen LogP contribution in [0.3, 0.4) is 0 Å². The van der Waals surface area contributed by atoms with Crippen LogP contribution >= 0.6 is 0 Å². The number of fused-ring (bicyclic) bond motifs is 2. The van der Waals surface area contributed by atoms with Gasteiger partial charge in [-0.25, -0.2) is 20.8 Å². The molecular weight excluding hydrogens is 564 g/mol. The summed E-state index contributed by atoms with van der Waals surface area (Å²) in [6.07, 6.45) is -1.76. The highest BCUT2D eigenvalue weighted by Crippen LogP contribution is 2.12. The zero-order valence-electron chi connectivity index (χ0n) is 23.1. The van der Waals surface area contributed by atoms with E-state index in [4.69, 9.17) is 14.2 Å². The summed E-state index contributed by atoms with van der Waals surface area (Å²) < 4.78 is 15.7. The molecule has 4 aromatic rings. The zero-order chi connectivity index (χ0) is 30.9. The highest BCUT2D eigenvalue weighted by Gasteiger charge is 2.33. The molecule has 0 amide bonds. The average Bonchev–Trinajstić information content (AvgIpc) is 2.96. The van der Waals surface area contributed by atoms with E-state index < -0.39 is 47.8 Å². The lowest BCUT2D eigenvalue weighted by Gasteiger charge is -2.25. The van der Waals surface area contributed by atoms with Crippen molar-refractivity contribution in [3.63, 3.8) is 0 Å². The van der Waals surface area contributed by atoms with Gasteiger partial charge in [-0.3, -0.25) is 33.9 Å². The van der Waals surface area contributed by atoms with Crippen LogP contribution in [-0.4, -0.2) is 68.6 Å². The van der Waals surface area contributed by atoms with E-state index in [1.807, 2.05) is 0 Å². The first-order valence-corrected chi connectivity index (χ1v) is 12.7. The van der Waals surface area contributed by atoms with E-state index in [0.29, 0.717) is 21.8 Å². The number of nitrogens with zero attached hydrogens (tertiary/aromatic N) is 4. The minimum atomic E-state index is -1.48. The standard InChI is InChI=1S/C27H26N8O8/c1-14(36)41-13-22(42-15(2)37)23(43-16(3)38)21(33-35-27-30-20-11-7-5-9-18(20)25(40)32-27)12-28-34-26-29-19-10-6-4-8-17(19)24(39)31-26/h4-12,22-23H,13H2,1-3H3,(H2,29,31,34,39)(H2,30,32,35,40)/b28-12-,33-21+. The largest absolute Gasteiger partial charge is 0.462 e. The van der Waals surface area contributed by atoms with E-state index in [0.717, 1.165) is 27.0 Å². The molecule has 4 rings (SSSR count). The summed E-state index contributed by atoms with van der Waals surface area (Å²) in [5, 5.41) is 8.94. The van der Waals surface area contributed by atoms with E-state index in [9.17, 15) is 24.0 Å². The Morgan fingerprint density at radius 1 is 0.814 bits per heavy atom. The van der Waals surface area contributed by atoms with Gasteiger partial charge in [0.25, 0.3) is 11.1 Å². The van der Waals surface area contributed by atoms with Gasteiger partial charge < -0.3 is 14.2 Å². The third kappa shape index (κ3) is 8.06. The Morgan fingerprint density at radius 2 is 1.35 bits per heavy atom. The molecule has 16 heteroatoms. The highest BCUT2D eigenvalue weighted by molar-refractivity contribution is 6.33. The van der Waals surface area contributed by atoms with Crippen molar-refractivity contribution in [2.75, 3.05) is 17.5 Å². The molecule has 4 N–H and O–H groups in total. The fourth-order valence-corrected chi connectivity index (χ4v) is 3.82. The number of hydrazone groups is 2. The number of H-pyrrole nitrogens is 2. The number of carbonyl (C=O) groups excluding carboxylic acids is 3. The predicted molar refractivity (Wildman–Crippen MR) is 156 cm³/mol.